The summed E-state index contributed by atoms with van der Waals surface area (Å²) in [5.74, 6) is -0.411. The van der Waals surface area contributed by atoms with E-state index in [-0.39, 0.29) is 16.7 Å². The van der Waals surface area contributed by atoms with E-state index in [4.69, 9.17) is 4.74 Å². The van der Waals surface area contributed by atoms with Gasteiger partial charge in [-0.1, -0.05) is 45.7 Å². The number of Topliss-reactive ketones (excluding diaryl/α,β-unsaturated/α-hetero) is 1. The Hall–Kier alpha value is -0.110. The lowest BCUT2D eigenvalue weighted by atomic mass is 9.45. The molecule has 0 aliphatic heterocycles. The van der Waals surface area contributed by atoms with Gasteiger partial charge in [0.25, 0.3) is 0 Å². The number of rotatable bonds is 1. The molecule has 0 aromatic carbocycles. The largest absolute Gasteiger partial charge is 0.490 e. The van der Waals surface area contributed by atoms with Gasteiger partial charge in [0, 0.05) is 11.8 Å². The summed E-state index contributed by atoms with van der Waals surface area (Å²) in [5, 5.41) is 0. The van der Waals surface area contributed by atoms with E-state index in [1.165, 1.54) is 0 Å². The molecule has 0 aromatic rings. The van der Waals surface area contributed by atoms with Crippen LogP contribution in [0.15, 0.2) is 0 Å². The topological polar surface area (TPSA) is 43.4 Å². The third-order valence-electron chi connectivity index (χ3n) is 8.82. The van der Waals surface area contributed by atoms with Crippen molar-refractivity contribution >= 4 is 43.6 Å². The Morgan fingerprint density at radius 3 is 2.45 bits per heavy atom. The van der Waals surface area contributed by atoms with Gasteiger partial charge in [-0.3, -0.25) is 4.79 Å². The molecule has 8 heteroatoms. The number of carbonyl (C=O) groups excluding carboxylic acids is 2. The third kappa shape index (κ3) is 3.42. The molecule has 3 nitrogen and oxygen atoms in total. The van der Waals surface area contributed by atoms with Crippen molar-refractivity contribution in [1.29, 1.82) is 0 Å². The van der Waals surface area contributed by atoms with E-state index in [2.05, 4.69) is 45.7 Å². The van der Waals surface area contributed by atoms with Crippen molar-refractivity contribution in [2.45, 2.75) is 80.7 Å². The Bertz CT molecular complexity index is 724. The van der Waals surface area contributed by atoms with Crippen LogP contribution in [0, 0.1) is 34.5 Å². The van der Waals surface area contributed by atoms with Crippen LogP contribution in [-0.4, -0.2) is 27.3 Å². The predicted molar refractivity (Wildman–Crippen MR) is 109 cm³/mol. The fraction of sp³-hybridized carbons (Fsp3) is 0.905. The fourth-order valence-electron chi connectivity index (χ4n) is 7.34. The van der Waals surface area contributed by atoms with Crippen LogP contribution < -0.4 is 0 Å². The Kier molecular flexibility index (Phi) is 5.29. The summed E-state index contributed by atoms with van der Waals surface area (Å²) in [6, 6.07) is 0. The van der Waals surface area contributed by atoms with Crippen LogP contribution in [0.3, 0.4) is 0 Å². The van der Waals surface area contributed by atoms with Gasteiger partial charge in [-0.15, -0.1) is 0 Å². The maximum absolute atomic E-state index is 12.7. The zero-order valence-corrected chi connectivity index (χ0v) is 19.8. The average molecular weight is 544 g/mol. The lowest BCUT2D eigenvalue weighted by molar-refractivity contribution is -0.210. The summed E-state index contributed by atoms with van der Waals surface area (Å²) in [5.41, 5.74) is -0.288. The van der Waals surface area contributed by atoms with Crippen molar-refractivity contribution in [3.8, 4) is 0 Å². The summed E-state index contributed by atoms with van der Waals surface area (Å²) >= 11 is 7.73. The molecule has 4 saturated carbocycles. The van der Waals surface area contributed by atoms with Gasteiger partial charge >= 0.3 is 12.1 Å². The van der Waals surface area contributed by atoms with E-state index >= 15 is 0 Å². The van der Waals surface area contributed by atoms with Gasteiger partial charge in [-0.25, -0.2) is 4.79 Å². The van der Waals surface area contributed by atoms with Crippen LogP contribution in [0.4, 0.5) is 13.2 Å². The lowest BCUT2D eigenvalue weighted by Crippen LogP contribution is -2.60. The smallest absolute Gasteiger partial charge is 0.456 e. The van der Waals surface area contributed by atoms with Gasteiger partial charge in [-0.2, -0.15) is 13.2 Å². The monoisotopic (exact) mass is 542 g/mol. The number of hydrogen-bond donors (Lipinski definition) is 0. The van der Waals surface area contributed by atoms with E-state index in [1.807, 2.05) is 0 Å². The number of ether oxygens (including phenoxy) is 1. The normalized spacial score (nSPS) is 46.4. The summed E-state index contributed by atoms with van der Waals surface area (Å²) in [7, 11) is 0. The first-order chi connectivity index (χ1) is 13.3. The molecule has 0 N–H and O–H groups in total. The van der Waals surface area contributed by atoms with Crippen LogP contribution in [0.5, 0.6) is 0 Å². The Morgan fingerprint density at radius 1 is 1.10 bits per heavy atom. The van der Waals surface area contributed by atoms with Crippen LogP contribution in [0.2, 0.25) is 0 Å². The van der Waals surface area contributed by atoms with E-state index in [9.17, 15) is 22.8 Å². The minimum Gasteiger partial charge on any atom is -0.456 e. The third-order valence-corrected chi connectivity index (χ3v) is 10.6. The quantitative estimate of drug-likeness (QED) is 0.293. The first-order valence-electron chi connectivity index (χ1n) is 10.5. The average Bonchev–Trinajstić information content (AvgIpc) is 2.90. The van der Waals surface area contributed by atoms with Crippen molar-refractivity contribution in [1.82, 2.24) is 0 Å². The molecule has 4 aliphatic rings. The maximum atomic E-state index is 12.7. The molecule has 0 aromatic heterocycles. The highest BCUT2D eigenvalue weighted by atomic mass is 79.9. The second-order valence-electron chi connectivity index (χ2n) is 10.1. The molecule has 7 atom stereocenters. The molecule has 0 saturated heterocycles. The first-order valence-corrected chi connectivity index (χ1v) is 12.1. The van der Waals surface area contributed by atoms with E-state index in [0.717, 1.165) is 32.1 Å². The molecule has 4 fully saturated rings. The van der Waals surface area contributed by atoms with E-state index in [0.29, 0.717) is 42.8 Å². The van der Waals surface area contributed by atoms with Crippen LogP contribution >= 0.6 is 31.9 Å². The molecule has 0 bridgehead atoms. The number of esters is 1. The summed E-state index contributed by atoms with van der Waals surface area (Å²) in [4.78, 5) is 23.9. The number of carbonyl (C=O) groups is 2. The predicted octanol–water partition coefficient (Wildman–Crippen LogP) is 6.17. The number of fused-ring (bicyclic) bond motifs is 5. The van der Waals surface area contributed by atoms with Crippen molar-refractivity contribution in [2.75, 3.05) is 0 Å². The van der Waals surface area contributed by atoms with E-state index in [1.54, 1.807) is 0 Å². The maximum Gasteiger partial charge on any atom is 0.490 e. The van der Waals surface area contributed by atoms with Crippen molar-refractivity contribution < 1.29 is 27.5 Å². The highest BCUT2D eigenvalue weighted by Crippen LogP contribution is 2.70. The lowest BCUT2D eigenvalue weighted by Gasteiger charge is -2.63. The minimum absolute atomic E-state index is 0.0532. The summed E-state index contributed by atoms with van der Waals surface area (Å²) < 4.78 is 42.4. The zero-order valence-electron chi connectivity index (χ0n) is 16.7. The number of alkyl halides is 5. The first kappa shape index (κ1) is 22.1. The Morgan fingerprint density at radius 2 is 1.79 bits per heavy atom. The van der Waals surface area contributed by atoms with Crippen LogP contribution in [0.1, 0.15) is 65.2 Å². The molecule has 4 aliphatic carbocycles. The molecular formula is C21H27Br2F3O3. The molecule has 0 radical (unpaired) electrons. The number of hydrogen-bond acceptors (Lipinski definition) is 3. The van der Waals surface area contributed by atoms with E-state index < -0.39 is 21.5 Å². The van der Waals surface area contributed by atoms with Gasteiger partial charge < -0.3 is 4.74 Å². The van der Waals surface area contributed by atoms with Crippen LogP contribution in [-0.2, 0) is 14.3 Å². The summed E-state index contributed by atoms with van der Waals surface area (Å²) in [6.45, 7) is 4.39. The summed E-state index contributed by atoms with van der Waals surface area (Å²) in [6.07, 6.45) is 0.265. The second kappa shape index (κ2) is 6.94. The van der Waals surface area contributed by atoms with Crippen molar-refractivity contribution in [3.63, 3.8) is 0 Å². The highest BCUT2D eigenvalue weighted by Gasteiger charge is 2.65. The SMILES string of the molecule is C[C@]12CCC(OC(=O)C(F)(F)F)CC1C(Br)(Br)C[C@@H]1[C@H]2CC[C@]2(C)C(=O)CC[C@@H]12. The van der Waals surface area contributed by atoms with Gasteiger partial charge in [-0.05, 0) is 74.0 Å². The number of ketones is 1. The molecular weight excluding hydrogens is 517 g/mol. The van der Waals surface area contributed by atoms with Crippen molar-refractivity contribution in [3.05, 3.63) is 0 Å². The second-order valence-corrected chi connectivity index (χ2v) is 14.0. The minimum atomic E-state index is -4.96. The zero-order chi connectivity index (χ0) is 21.4. The van der Waals surface area contributed by atoms with Gasteiger partial charge in [0.15, 0.2) is 0 Å². The van der Waals surface area contributed by atoms with Gasteiger partial charge in [0.1, 0.15) is 11.9 Å². The molecule has 2 unspecified atom stereocenters. The van der Waals surface area contributed by atoms with Gasteiger partial charge in [0.2, 0.25) is 0 Å². The molecule has 29 heavy (non-hydrogen) atoms. The molecule has 164 valence electrons. The Balaban J connectivity index is 1.58. The highest BCUT2D eigenvalue weighted by molar-refractivity contribution is 9.25. The number of halogens is 5. The van der Waals surface area contributed by atoms with Gasteiger partial charge in [0.05, 0.1) is 3.23 Å². The molecule has 4 rings (SSSR count). The fourth-order valence-corrected chi connectivity index (χ4v) is 9.51. The van der Waals surface area contributed by atoms with Crippen molar-refractivity contribution in [2.24, 2.45) is 34.5 Å². The van der Waals surface area contributed by atoms with Crippen LogP contribution in [0.25, 0.3) is 0 Å². The molecule has 0 heterocycles. The molecule has 0 amide bonds. The standard InChI is InChI=1S/C21H27Br2F3O3/c1-18-7-5-11(29-17(28)21(24,25)26)9-15(18)20(22,23)10-12-13-3-4-16(27)19(13,2)8-6-14(12)18/h11-15H,3-10H2,1-2H3/t11?,12-,13-,14+,15?,18+,19-/m0/s1. The molecule has 0 spiro atoms. The Labute approximate surface area is 186 Å².